The van der Waals surface area contributed by atoms with E-state index in [9.17, 15) is 14.4 Å². The van der Waals surface area contributed by atoms with Gasteiger partial charge in [-0.25, -0.2) is 0 Å². The minimum absolute atomic E-state index is 0.115. The molecule has 2 amide bonds. The second-order valence-corrected chi connectivity index (χ2v) is 9.29. The Labute approximate surface area is 207 Å². The topological polar surface area (TPSA) is 99.1 Å². The maximum atomic E-state index is 13.2. The Bertz CT molecular complexity index is 1470. The van der Waals surface area contributed by atoms with Crippen molar-refractivity contribution < 1.29 is 9.59 Å². The van der Waals surface area contributed by atoms with Gasteiger partial charge in [0.05, 0.1) is 6.04 Å². The highest BCUT2D eigenvalue weighted by Crippen LogP contribution is 2.35. The predicted octanol–water partition coefficient (Wildman–Crippen LogP) is 4.46. The molecule has 1 aliphatic carbocycles. The molecule has 4 aromatic rings. The van der Waals surface area contributed by atoms with Gasteiger partial charge in [-0.2, -0.15) is 0 Å². The molecule has 1 fully saturated rings. The number of primary amides is 1. The maximum absolute atomic E-state index is 13.2. The molecule has 0 radical (unpaired) electrons. The molecule has 1 saturated carbocycles. The lowest BCUT2D eigenvalue weighted by Gasteiger charge is -2.34. The van der Waals surface area contributed by atoms with E-state index < -0.39 is 5.91 Å². The molecule has 2 aromatic heterocycles. The quantitative estimate of drug-likeness (QED) is 0.434. The fourth-order valence-corrected chi connectivity index (χ4v) is 5.19. The summed E-state index contributed by atoms with van der Waals surface area (Å²) in [6.45, 7) is 0. The molecule has 1 aliphatic rings. The summed E-state index contributed by atoms with van der Waals surface area (Å²) in [6.07, 6.45) is 5.26. The van der Waals surface area contributed by atoms with Crippen molar-refractivity contribution in [3.63, 3.8) is 0 Å². The molecule has 8 heteroatoms. The number of carbonyl (C=O) groups is 2. The van der Waals surface area contributed by atoms with Gasteiger partial charge in [0.1, 0.15) is 5.69 Å². The van der Waals surface area contributed by atoms with Crippen LogP contribution >= 0.6 is 11.6 Å². The van der Waals surface area contributed by atoms with Crippen LogP contribution in [0.15, 0.2) is 77.7 Å². The van der Waals surface area contributed by atoms with Gasteiger partial charge in [0, 0.05) is 45.5 Å². The zero-order valence-electron chi connectivity index (χ0n) is 19.0. The number of nitrogens with one attached hydrogen (secondary N) is 1. The third kappa shape index (κ3) is 4.47. The molecule has 2 atom stereocenters. The first-order valence-electron chi connectivity index (χ1n) is 11.6. The van der Waals surface area contributed by atoms with Crippen LogP contribution < -0.4 is 16.6 Å². The van der Waals surface area contributed by atoms with Gasteiger partial charge in [0.25, 0.3) is 17.4 Å². The van der Waals surface area contributed by atoms with Crippen LogP contribution in [0.3, 0.4) is 0 Å². The SMILES string of the molecule is NC(=O)c1cc2cc(Cl)ccc2n1C1CCCCC1NC(=O)c1ccc(-n2ccccc2=O)cc1. The number of carbonyl (C=O) groups excluding carboxylic acids is 2. The van der Waals surface area contributed by atoms with Crippen molar-refractivity contribution in [3.8, 4) is 5.69 Å². The lowest BCUT2D eigenvalue weighted by atomic mass is 9.89. The van der Waals surface area contributed by atoms with Gasteiger partial charge >= 0.3 is 0 Å². The molecule has 0 saturated heterocycles. The highest BCUT2D eigenvalue weighted by atomic mass is 35.5. The van der Waals surface area contributed by atoms with Crippen LogP contribution in [0.5, 0.6) is 0 Å². The van der Waals surface area contributed by atoms with Crippen molar-refractivity contribution >= 4 is 34.3 Å². The second kappa shape index (κ2) is 9.43. The standard InChI is InChI=1S/C27H25ClN4O3/c28-19-10-13-22-18(15-19)16-24(26(29)34)32(22)23-6-2-1-5-21(23)30-27(35)17-8-11-20(12-9-17)31-14-4-3-7-25(31)33/h3-4,7-16,21,23H,1-2,5-6H2,(H2,29,34)(H,30,35). The molecule has 35 heavy (non-hydrogen) atoms. The van der Waals surface area contributed by atoms with E-state index >= 15 is 0 Å². The number of rotatable bonds is 5. The van der Waals surface area contributed by atoms with E-state index in [1.54, 1.807) is 54.7 Å². The summed E-state index contributed by atoms with van der Waals surface area (Å²) in [6, 6.07) is 18.9. The minimum atomic E-state index is -0.514. The first kappa shape index (κ1) is 22.9. The van der Waals surface area contributed by atoms with Crippen LogP contribution in [0, 0.1) is 0 Å². The summed E-state index contributed by atoms with van der Waals surface area (Å²) in [4.78, 5) is 37.5. The third-order valence-electron chi connectivity index (χ3n) is 6.66. The number of halogens is 1. The molecule has 7 nitrogen and oxygen atoms in total. The molecule has 0 spiro atoms. The molecule has 3 N–H and O–H groups in total. The van der Waals surface area contributed by atoms with E-state index in [0.29, 0.717) is 22.0 Å². The maximum Gasteiger partial charge on any atom is 0.265 e. The lowest BCUT2D eigenvalue weighted by Crippen LogP contribution is -2.43. The van der Waals surface area contributed by atoms with Crippen LogP contribution in [0.2, 0.25) is 5.02 Å². The van der Waals surface area contributed by atoms with Gasteiger partial charge in [-0.1, -0.05) is 30.5 Å². The van der Waals surface area contributed by atoms with Crippen molar-refractivity contribution in [3.05, 3.63) is 99.6 Å². The predicted molar refractivity (Wildman–Crippen MR) is 136 cm³/mol. The number of amides is 2. The molecule has 5 rings (SSSR count). The van der Waals surface area contributed by atoms with Gasteiger partial charge < -0.3 is 15.6 Å². The average molecular weight is 489 g/mol. The molecule has 2 aromatic carbocycles. The Morgan fingerprint density at radius 2 is 1.74 bits per heavy atom. The number of nitrogens with zero attached hydrogens (tertiary/aromatic N) is 2. The Kier molecular flexibility index (Phi) is 6.17. The largest absolute Gasteiger partial charge is 0.364 e. The first-order valence-corrected chi connectivity index (χ1v) is 12.0. The van der Waals surface area contributed by atoms with Crippen LogP contribution in [0.1, 0.15) is 52.6 Å². The summed E-state index contributed by atoms with van der Waals surface area (Å²) < 4.78 is 3.48. The molecular formula is C27H25ClN4O3. The number of fused-ring (bicyclic) bond motifs is 1. The Hall–Kier alpha value is -3.84. The zero-order chi connectivity index (χ0) is 24.5. The Morgan fingerprint density at radius 1 is 0.971 bits per heavy atom. The summed E-state index contributed by atoms with van der Waals surface area (Å²) >= 11 is 6.17. The first-order chi connectivity index (χ1) is 16.9. The number of pyridine rings is 1. The number of hydrogen-bond donors (Lipinski definition) is 2. The van der Waals surface area contributed by atoms with Crippen molar-refractivity contribution in [1.82, 2.24) is 14.5 Å². The van der Waals surface area contributed by atoms with E-state index in [1.807, 2.05) is 16.7 Å². The van der Waals surface area contributed by atoms with Gasteiger partial charge in [0.2, 0.25) is 0 Å². The van der Waals surface area contributed by atoms with Crippen LogP contribution in [-0.4, -0.2) is 27.0 Å². The van der Waals surface area contributed by atoms with Crippen LogP contribution in [-0.2, 0) is 0 Å². The average Bonchev–Trinajstić information content (AvgIpc) is 3.23. The third-order valence-corrected chi connectivity index (χ3v) is 6.90. The van der Waals surface area contributed by atoms with E-state index in [-0.39, 0.29) is 23.6 Å². The molecule has 2 heterocycles. The fraction of sp³-hybridized carbons (Fsp3) is 0.222. The van der Waals surface area contributed by atoms with Gasteiger partial charge in [-0.3, -0.25) is 19.0 Å². The monoisotopic (exact) mass is 488 g/mol. The lowest BCUT2D eigenvalue weighted by molar-refractivity contribution is 0.0907. The second-order valence-electron chi connectivity index (χ2n) is 8.85. The van der Waals surface area contributed by atoms with E-state index in [0.717, 1.165) is 36.6 Å². The summed E-state index contributed by atoms with van der Waals surface area (Å²) in [7, 11) is 0. The number of benzene rings is 2. The van der Waals surface area contributed by atoms with Gasteiger partial charge in [0.15, 0.2) is 0 Å². The molecule has 0 aliphatic heterocycles. The summed E-state index contributed by atoms with van der Waals surface area (Å²) in [5.41, 5.74) is 8.05. The smallest absolute Gasteiger partial charge is 0.265 e. The van der Waals surface area contributed by atoms with Crippen LogP contribution in [0.4, 0.5) is 0 Å². The Morgan fingerprint density at radius 3 is 2.49 bits per heavy atom. The van der Waals surface area contributed by atoms with E-state index in [2.05, 4.69) is 5.32 Å². The Balaban J connectivity index is 1.43. The minimum Gasteiger partial charge on any atom is -0.364 e. The zero-order valence-corrected chi connectivity index (χ0v) is 19.7. The van der Waals surface area contributed by atoms with Gasteiger partial charge in [-0.05, 0) is 67.4 Å². The fourth-order valence-electron chi connectivity index (χ4n) is 5.01. The van der Waals surface area contributed by atoms with E-state index in [1.165, 1.54) is 10.6 Å². The van der Waals surface area contributed by atoms with Gasteiger partial charge in [-0.15, -0.1) is 0 Å². The highest BCUT2D eigenvalue weighted by molar-refractivity contribution is 6.31. The molecular weight excluding hydrogens is 464 g/mol. The molecule has 178 valence electrons. The van der Waals surface area contributed by atoms with Crippen molar-refractivity contribution in [2.24, 2.45) is 5.73 Å². The number of aromatic nitrogens is 2. The van der Waals surface area contributed by atoms with Crippen molar-refractivity contribution in [2.75, 3.05) is 0 Å². The van der Waals surface area contributed by atoms with E-state index in [4.69, 9.17) is 17.3 Å². The molecule has 2 unspecified atom stereocenters. The summed E-state index contributed by atoms with van der Waals surface area (Å²) in [5, 5.41) is 4.60. The summed E-state index contributed by atoms with van der Waals surface area (Å²) in [5.74, 6) is -0.714. The normalized spacial score (nSPS) is 17.9. The number of hydrogen-bond acceptors (Lipinski definition) is 3. The van der Waals surface area contributed by atoms with Crippen molar-refractivity contribution in [1.29, 1.82) is 0 Å². The highest BCUT2D eigenvalue weighted by Gasteiger charge is 2.31. The number of nitrogens with two attached hydrogens (primary N) is 1. The van der Waals surface area contributed by atoms with Crippen molar-refractivity contribution in [2.45, 2.75) is 37.8 Å². The molecule has 0 bridgehead atoms. The van der Waals surface area contributed by atoms with Crippen LogP contribution in [0.25, 0.3) is 16.6 Å².